The van der Waals surface area contributed by atoms with E-state index < -0.39 is 5.97 Å². The SMILES string of the molecule is Cc1cc(CN2CC3CCCC3C2C(=O)O)ccc1Br. The maximum Gasteiger partial charge on any atom is 0.321 e. The Hall–Kier alpha value is -0.870. The first-order chi connectivity index (χ1) is 9.56. The Morgan fingerprint density at radius 2 is 2.25 bits per heavy atom. The molecular weight excluding hydrogens is 318 g/mol. The van der Waals surface area contributed by atoms with Gasteiger partial charge >= 0.3 is 5.97 Å². The molecule has 0 spiro atoms. The average Bonchev–Trinajstić information content (AvgIpc) is 2.93. The fourth-order valence-corrected chi connectivity index (χ4v) is 4.18. The summed E-state index contributed by atoms with van der Waals surface area (Å²) in [6.07, 6.45) is 3.48. The summed E-state index contributed by atoms with van der Waals surface area (Å²) >= 11 is 3.51. The highest BCUT2D eigenvalue weighted by Crippen LogP contribution is 2.42. The van der Waals surface area contributed by atoms with Crippen LogP contribution in [0.4, 0.5) is 0 Å². The van der Waals surface area contributed by atoms with Crippen LogP contribution in [-0.2, 0) is 11.3 Å². The third kappa shape index (κ3) is 2.51. The number of benzene rings is 1. The van der Waals surface area contributed by atoms with E-state index in [0.29, 0.717) is 11.8 Å². The molecule has 108 valence electrons. The van der Waals surface area contributed by atoms with Crippen molar-refractivity contribution in [3.05, 3.63) is 33.8 Å². The highest BCUT2D eigenvalue weighted by molar-refractivity contribution is 9.10. The molecule has 1 aliphatic carbocycles. The Labute approximate surface area is 128 Å². The van der Waals surface area contributed by atoms with Gasteiger partial charge in [0.25, 0.3) is 0 Å². The molecular formula is C16H20BrNO2. The van der Waals surface area contributed by atoms with Gasteiger partial charge < -0.3 is 5.11 Å². The van der Waals surface area contributed by atoms with Crippen molar-refractivity contribution in [3.63, 3.8) is 0 Å². The number of nitrogens with zero attached hydrogens (tertiary/aromatic N) is 1. The monoisotopic (exact) mass is 337 g/mol. The Balaban J connectivity index is 1.79. The molecule has 3 nitrogen and oxygen atoms in total. The van der Waals surface area contributed by atoms with Gasteiger partial charge in [-0.25, -0.2) is 0 Å². The molecule has 0 radical (unpaired) electrons. The molecule has 3 atom stereocenters. The fraction of sp³-hybridized carbons (Fsp3) is 0.562. The van der Waals surface area contributed by atoms with E-state index in [1.807, 2.05) is 0 Å². The summed E-state index contributed by atoms with van der Waals surface area (Å²) in [4.78, 5) is 13.8. The van der Waals surface area contributed by atoms with Gasteiger partial charge in [-0.3, -0.25) is 9.69 Å². The lowest BCUT2D eigenvalue weighted by molar-refractivity contribution is -0.143. The summed E-state index contributed by atoms with van der Waals surface area (Å²) in [6, 6.07) is 6.00. The summed E-state index contributed by atoms with van der Waals surface area (Å²) in [6.45, 7) is 3.76. The van der Waals surface area contributed by atoms with Crippen molar-refractivity contribution in [2.24, 2.45) is 11.8 Å². The van der Waals surface area contributed by atoms with Crippen molar-refractivity contribution in [2.75, 3.05) is 6.54 Å². The fourth-order valence-electron chi connectivity index (χ4n) is 3.94. The zero-order valence-electron chi connectivity index (χ0n) is 11.7. The molecule has 20 heavy (non-hydrogen) atoms. The second kappa shape index (κ2) is 5.49. The summed E-state index contributed by atoms with van der Waals surface area (Å²) in [7, 11) is 0. The van der Waals surface area contributed by atoms with Crippen molar-refractivity contribution in [1.29, 1.82) is 0 Å². The molecule has 1 saturated carbocycles. The number of halogens is 1. The molecule has 1 heterocycles. The third-order valence-electron chi connectivity index (χ3n) is 4.85. The van der Waals surface area contributed by atoms with Crippen LogP contribution < -0.4 is 0 Å². The largest absolute Gasteiger partial charge is 0.480 e. The number of hydrogen-bond donors (Lipinski definition) is 1. The van der Waals surface area contributed by atoms with E-state index in [9.17, 15) is 9.90 Å². The van der Waals surface area contributed by atoms with Crippen LogP contribution in [0.1, 0.15) is 30.4 Å². The number of hydrogen-bond acceptors (Lipinski definition) is 2. The predicted molar refractivity (Wildman–Crippen MR) is 81.5 cm³/mol. The van der Waals surface area contributed by atoms with E-state index in [1.54, 1.807) is 0 Å². The van der Waals surface area contributed by atoms with Crippen LogP contribution in [0, 0.1) is 18.8 Å². The van der Waals surface area contributed by atoms with Crippen molar-refractivity contribution in [3.8, 4) is 0 Å². The van der Waals surface area contributed by atoms with Crippen LogP contribution in [0.25, 0.3) is 0 Å². The van der Waals surface area contributed by atoms with E-state index in [4.69, 9.17) is 0 Å². The predicted octanol–water partition coefficient (Wildman–Crippen LogP) is 3.44. The molecule has 4 heteroatoms. The molecule has 3 rings (SSSR count). The molecule has 0 bridgehead atoms. The lowest BCUT2D eigenvalue weighted by Crippen LogP contribution is -2.39. The van der Waals surface area contributed by atoms with Crippen LogP contribution >= 0.6 is 15.9 Å². The van der Waals surface area contributed by atoms with Crippen LogP contribution in [0.15, 0.2) is 22.7 Å². The van der Waals surface area contributed by atoms with Gasteiger partial charge in [0.1, 0.15) is 6.04 Å². The van der Waals surface area contributed by atoms with E-state index in [-0.39, 0.29) is 6.04 Å². The molecule has 3 unspecified atom stereocenters. The van der Waals surface area contributed by atoms with E-state index >= 15 is 0 Å². The van der Waals surface area contributed by atoms with Gasteiger partial charge in [0.15, 0.2) is 0 Å². The number of fused-ring (bicyclic) bond motifs is 1. The van der Waals surface area contributed by atoms with Gasteiger partial charge in [-0.2, -0.15) is 0 Å². The second-order valence-electron chi connectivity index (χ2n) is 6.15. The van der Waals surface area contributed by atoms with Crippen molar-refractivity contribution < 1.29 is 9.90 Å². The normalized spacial score (nSPS) is 29.6. The number of likely N-dealkylation sites (tertiary alicyclic amines) is 1. The lowest BCUT2D eigenvalue weighted by atomic mass is 9.94. The number of aryl methyl sites for hydroxylation is 1. The maximum absolute atomic E-state index is 11.6. The maximum atomic E-state index is 11.6. The minimum absolute atomic E-state index is 0.286. The first-order valence-corrected chi connectivity index (χ1v) is 8.07. The van der Waals surface area contributed by atoms with E-state index in [2.05, 4.69) is 46.0 Å². The van der Waals surface area contributed by atoms with Gasteiger partial charge in [0.2, 0.25) is 0 Å². The molecule has 1 saturated heterocycles. The molecule has 1 aromatic rings. The van der Waals surface area contributed by atoms with Crippen LogP contribution in [0.3, 0.4) is 0 Å². The lowest BCUT2D eigenvalue weighted by Gasteiger charge is -2.24. The minimum Gasteiger partial charge on any atom is -0.480 e. The van der Waals surface area contributed by atoms with Gasteiger partial charge in [0.05, 0.1) is 0 Å². The standard InChI is InChI=1S/C16H20BrNO2/c1-10-7-11(5-6-14(10)17)8-18-9-12-3-2-4-13(12)15(18)16(19)20/h5-7,12-13,15H,2-4,8-9H2,1H3,(H,19,20). The first kappa shape index (κ1) is 14.1. The van der Waals surface area contributed by atoms with Gasteiger partial charge in [-0.1, -0.05) is 34.5 Å². The molecule has 0 aromatic heterocycles. The van der Waals surface area contributed by atoms with Crippen LogP contribution in [0.2, 0.25) is 0 Å². The topological polar surface area (TPSA) is 40.5 Å². The Morgan fingerprint density at radius 3 is 2.95 bits per heavy atom. The molecule has 0 amide bonds. The molecule has 1 N–H and O–H groups in total. The second-order valence-corrected chi connectivity index (χ2v) is 7.01. The van der Waals surface area contributed by atoms with Gasteiger partial charge in [-0.05, 0) is 48.8 Å². The van der Waals surface area contributed by atoms with Crippen LogP contribution in [-0.4, -0.2) is 28.6 Å². The van der Waals surface area contributed by atoms with Crippen molar-refractivity contribution in [1.82, 2.24) is 4.90 Å². The van der Waals surface area contributed by atoms with E-state index in [1.165, 1.54) is 24.0 Å². The van der Waals surface area contributed by atoms with Crippen molar-refractivity contribution >= 4 is 21.9 Å². The van der Waals surface area contributed by atoms with E-state index in [0.717, 1.165) is 24.0 Å². The molecule has 1 aromatic carbocycles. The Kier molecular flexibility index (Phi) is 3.87. The highest BCUT2D eigenvalue weighted by atomic mass is 79.9. The zero-order valence-corrected chi connectivity index (χ0v) is 13.3. The third-order valence-corrected chi connectivity index (χ3v) is 5.74. The Bertz CT molecular complexity index is 531. The van der Waals surface area contributed by atoms with Gasteiger partial charge in [-0.15, -0.1) is 0 Å². The number of aliphatic carboxylic acids is 1. The summed E-state index contributed by atoms with van der Waals surface area (Å²) in [5.74, 6) is 0.310. The molecule has 2 fully saturated rings. The van der Waals surface area contributed by atoms with Gasteiger partial charge in [0, 0.05) is 17.6 Å². The Morgan fingerprint density at radius 1 is 1.45 bits per heavy atom. The molecule has 1 aliphatic heterocycles. The summed E-state index contributed by atoms with van der Waals surface area (Å²) < 4.78 is 1.11. The number of carboxylic acids is 1. The average molecular weight is 338 g/mol. The number of carboxylic acid groups (broad SMARTS) is 1. The molecule has 2 aliphatic rings. The number of carbonyl (C=O) groups is 1. The highest BCUT2D eigenvalue weighted by Gasteiger charge is 2.47. The minimum atomic E-state index is -0.645. The summed E-state index contributed by atoms with van der Waals surface area (Å²) in [5.41, 5.74) is 2.41. The van der Waals surface area contributed by atoms with Crippen molar-refractivity contribution in [2.45, 2.75) is 38.8 Å². The summed E-state index contributed by atoms with van der Waals surface area (Å²) in [5, 5.41) is 9.56. The first-order valence-electron chi connectivity index (χ1n) is 7.28. The zero-order chi connectivity index (χ0) is 14.3. The smallest absolute Gasteiger partial charge is 0.321 e. The number of rotatable bonds is 3. The quantitative estimate of drug-likeness (QED) is 0.918. The van der Waals surface area contributed by atoms with Crippen LogP contribution in [0.5, 0.6) is 0 Å².